The summed E-state index contributed by atoms with van der Waals surface area (Å²) in [7, 11) is -3.36. The van der Waals surface area contributed by atoms with Crippen molar-refractivity contribution < 1.29 is 8.42 Å². The number of nitrogens with one attached hydrogen (secondary N) is 1. The zero-order valence-electron chi connectivity index (χ0n) is 8.68. The first-order valence-electron chi connectivity index (χ1n) is 4.78. The highest BCUT2D eigenvalue weighted by molar-refractivity contribution is 7.92. The zero-order chi connectivity index (χ0) is 12.0. The minimum absolute atomic E-state index is 0.0136. The van der Waals surface area contributed by atoms with Crippen molar-refractivity contribution >= 4 is 15.7 Å². The van der Waals surface area contributed by atoms with Crippen LogP contribution in [-0.2, 0) is 10.0 Å². The van der Waals surface area contributed by atoms with Crippen LogP contribution >= 0.6 is 0 Å². The van der Waals surface area contributed by atoms with Crippen molar-refractivity contribution in [2.45, 2.75) is 6.42 Å². The Balaban J connectivity index is 2.77. The number of hydrogen-bond acceptors (Lipinski definition) is 4. The average molecular weight is 239 g/mol. The molecule has 3 N–H and O–H groups in total. The maximum absolute atomic E-state index is 11.5. The molecular weight excluding hydrogens is 226 g/mol. The number of anilines is 1. The van der Waals surface area contributed by atoms with Gasteiger partial charge >= 0.3 is 0 Å². The SMILES string of the molecule is N#Cc1cccc(NS(=O)(=O)CCCN)c1. The minimum Gasteiger partial charge on any atom is -0.330 e. The molecule has 0 saturated carbocycles. The van der Waals surface area contributed by atoms with Gasteiger partial charge in [0.15, 0.2) is 0 Å². The summed E-state index contributed by atoms with van der Waals surface area (Å²) < 4.78 is 25.4. The number of nitriles is 1. The normalized spacial score (nSPS) is 10.8. The van der Waals surface area contributed by atoms with Crippen molar-refractivity contribution in [3.8, 4) is 6.07 Å². The minimum atomic E-state index is -3.36. The summed E-state index contributed by atoms with van der Waals surface area (Å²) in [5.74, 6) is -0.0136. The lowest BCUT2D eigenvalue weighted by molar-refractivity contribution is 0.599. The molecule has 6 heteroatoms. The van der Waals surface area contributed by atoms with Crippen LogP contribution in [0, 0.1) is 11.3 Å². The van der Waals surface area contributed by atoms with Crippen LogP contribution in [-0.4, -0.2) is 20.7 Å². The van der Waals surface area contributed by atoms with Gasteiger partial charge in [-0.2, -0.15) is 5.26 Å². The monoisotopic (exact) mass is 239 g/mol. The summed E-state index contributed by atoms with van der Waals surface area (Å²) in [6, 6.07) is 8.26. The second-order valence-corrected chi connectivity index (χ2v) is 5.10. The van der Waals surface area contributed by atoms with E-state index in [0.29, 0.717) is 24.2 Å². The Bertz CT molecular complexity index is 491. The Labute approximate surface area is 94.9 Å². The lowest BCUT2D eigenvalue weighted by Gasteiger charge is -2.07. The molecule has 0 aliphatic carbocycles. The molecule has 0 atom stereocenters. The predicted octanol–water partition coefficient (Wildman–Crippen LogP) is 0.649. The lowest BCUT2D eigenvalue weighted by atomic mass is 10.2. The number of benzene rings is 1. The second kappa shape index (κ2) is 5.49. The largest absolute Gasteiger partial charge is 0.330 e. The molecular formula is C10H13N3O2S. The lowest BCUT2D eigenvalue weighted by Crippen LogP contribution is -2.18. The van der Waals surface area contributed by atoms with E-state index in [2.05, 4.69) is 4.72 Å². The molecule has 1 rings (SSSR count). The molecule has 1 aromatic rings. The molecule has 0 heterocycles. The third kappa shape index (κ3) is 3.88. The Morgan fingerprint density at radius 2 is 2.19 bits per heavy atom. The van der Waals surface area contributed by atoms with Gasteiger partial charge in [-0.25, -0.2) is 8.42 Å². The number of nitrogens with two attached hydrogens (primary N) is 1. The van der Waals surface area contributed by atoms with E-state index in [0.717, 1.165) is 0 Å². The number of sulfonamides is 1. The van der Waals surface area contributed by atoms with Crippen LogP contribution in [0.15, 0.2) is 24.3 Å². The van der Waals surface area contributed by atoms with Crippen molar-refractivity contribution in [2.75, 3.05) is 17.0 Å². The van der Waals surface area contributed by atoms with E-state index in [-0.39, 0.29) is 5.75 Å². The average Bonchev–Trinajstić information content (AvgIpc) is 2.26. The molecule has 0 aliphatic rings. The number of nitrogens with zero attached hydrogens (tertiary/aromatic N) is 1. The van der Waals surface area contributed by atoms with Crippen molar-refractivity contribution in [3.63, 3.8) is 0 Å². The van der Waals surface area contributed by atoms with Crippen LogP contribution in [0.25, 0.3) is 0 Å². The van der Waals surface area contributed by atoms with Crippen LogP contribution in [0.1, 0.15) is 12.0 Å². The molecule has 0 radical (unpaired) electrons. The molecule has 5 nitrogen and oxygen atoms in total. The highest BCUT2D eigenvalue weighted by atomic mass is 32.2. The molecule has 0 bridgehead atoms. The molecule has 0 aliphatic heterocycles. The van der Waals surface area contributed by atoms with Crippen LogP contribution < -0.4 is 10.5 Å². The van der Waals surface area contributed by atoms with Gasteiger partial charge in [-0.05, 0) is 31.2 Å². The Morgan fingerprint density at radius 3 is 2.81 bits per heavy atom. The summed E-state index contributed by atoms with van der Waals surface area (Å²) in [6.07, 6.45) is 0.410. The molecule has 1 aromatic carbocycles. The molecule has 86 valence electrons. The summed E-state index contributed by atoms with van der Waals surface area (Å²) in [5, 5.41) is 8.66. The molecule has 0 amide bonds. The smallest absolute Gasteiger partial charge is 0.232 e. The summed E-state index contributed by atoms with van der Waals surface area (Å²) in [4.78, 5) is 0. The van der Waals surface area contributed by atoms with Gasteiger partial charge in [0.2, 0.25) is 10.0 Å². The van der Waals surface area contributed by atoms with E-state index in [1.165, 1.54) is 6.07 Å². The van der Waals surface area contributed by atoms with Gasteiger partial charge in [0.25, 0.3) is 0 Å². The molecule has 16 heavy (non-hydrogen) atoms. The highest BCUT2D eigenvalue weighted by Gasteiger charge is 2.09. The van der Waals surface area contributed by atoms with Gasteiger partial charge in [-0.1, -0.05) is 6.07 Å². The van der Waals surface area contributed by atoms with Crippen LogP contribution in [0.4, 0.5) is 5.69 Å². The van der Waals surface area contributed by atoms with Gasteiger partial charge in [-0.15, -0.1) is 0 Å². The van der Waals surface area contributed by atoms with Crippen LogP contribution in [0.2, 0.25) is 0 Å². The second-order valence-electron chi connectivity index (χ2n) is 3.26. The molecule has 0 saturated heterocycles. The van der Waals surface area contributed by atoms with E-state index in [4.69, 9.17) is 11.0 Å². The Morgan fingerprint density at radius 1 is 1.44 bits per heavy atom. The standard InChI is InChI=1S/C10H13N3O2S/c11-5-2-6-16(14,15)13-10-4-1-3-9(7-10)8-12/h1,3-4,7,13H,2,5-6,11H2. The van der Waals surface area contributed by atoms with Gasteiger partial charge in [0, 0.05) is 5.69 Å². The molecule has 0 spiro atoms. The first kappa shape index (κ1) is 12.5. The van der Waals surface area contributed by atoms with E-state index < -0.39 is 10.0 Å². The zero-order valence-corrected chi connectivity index (χ0v) is 9.50. The quantitative estimate of drug-likeness (QED) is 0.788. The number of rotatable bonds is 5. The van der Waals surface area contributed by atoms with E-state index >= 15 is 0 Å². The highest BCUT2D eigenvalue weighted by Crippen LogP contribution is 2.11. The van der Waals surface area contributed by atoms with Crippen molar-refractivity contribution in [2.24, 2.45) is 5.73 Å². The van der Waals surface area contributed by atoms with Crippen LogP contribution in [0.3, 0.4) is 0 Å². The van der Waals surface area contributed by atoms with Crippen molar-refractivity contribution in [1.82, 2.24) is 0 Å². The van der Waals surface area contributed by atoms with E-state index in [1.54, 1.807) is 18.2 Å². The molecule has 0 aromatic heterocycles. The summed E-state index contributed by atoms with van der Waals surface area (Å²) >= 11 is 0. The maximum atomic E-state index is 11.5. The summed E-state index contributed by atoms with van der Waals surface area (Å²) in [6.45, 7) is 0.332. The van der Waals surface area contributed by atoms with E-state index in [9.17, 15) is 8.42 Å². The first-order valence-corrected chi connectivity index (χ1v) is 6.43. The van der Waals surface area contributed by atoms with Crippen LogP contribution in [0.5, 0.6) is 0 Å². The van der Waals surface area contributed by atoms with Crippen molar-refractivity contribution in [3.05, 3.63) is 29.8 Å². The van der Waals surface area contributed by atoms with Gasteiger partial charge in [-0.3, -0.25) is 4.72 Å². The third-order valence-electron chi connectivity index (χ3n) is 1.88. The van der Waals surface area contributed by atoms with Crippen molar-refractivity contribution in [1.29, 1.82) is 5.26 Å². The predicted molar refractivity (Wildman–Crippen MR) is 62.2 cm³/mol. The summed E-state index contributed by atoms with van der Waals surface area (Å²) in [5.41, 5.74) is 6.05. The van der Waals surface area contributed by atoms with Gasteiger partial charge in [0.05, 0.1) is 17.4 Å². The Hall–Kier alpha value is -1.58. The molecule has 0 fully saturated rings. The molecule has 0 unspecified atom stereocenters. The maximum Gasteiger partial charge on any atom is 0.232 e. The number of hydrogen-bond donors (Lipinski definition) is 2. The fraction of sp³-hybridized carbons (Fsp3) is 0.300. The topological polar surface area (TPSA) is 96.0 Å². The van der Waals surface area contributed by atoms with E-state index in [1.807, 2.05) is 6.07 Å². The van der Waals surface area contributed by atoms with Gasteiger partial charge < -0.3 is 5.73 Å². The Kier molecular flexibility index (Phi) is 4.28. The third-order valence-corrected chi connectivity index (χ3v) is 3.26. The first-order chi connectivity index (χ1) is 7.57. The van der Waals surface area contributed by atoms with Gasteiger partial charge in [0.1, 0.15) is 0 Å². The fourth-order valence-corrected chi connectivity index (χ4v) is 2.29. The fourth-order valence-electron chi connectivity index (χ4n) is 1.16.